The molecule has 0 saturated carbocycles. The fourth-order valence-electron chi connectivity index (χ4n) is 1.08. The standard InChI is InChI=1S/C8H8F3N3O3/c9-8(10,11)17-5-1-3(7(15)16)6(13)14-4(5)2-12/h1H,2,12H2,(H2,13,14)(H,15,16). The Balaban J connectivity index is 3.26. The van der Waals surface area contributed by atoms with Gasteiger partial charge >= 0.3 is 12.3 Å². The molecule has 0 saturated heterocycles. The van der Waals surface area contributed by atoms with Crippen LogP contribution in [0.4, 0.5) is 19.0 Å². The van der Waals surface area contributed by atoms with Crippen molar-refractivity contribution in [2.24, 2.45) is 5.73 Å². The number of nitrogens with zero attached hydrogens (tertiary/aromatic N) is 1. The summed E-state index contributed by atoms with van der Waals surface area (Å²) in [5, 5.41) is 8.66. The zero-order chi connectivity index (χ0) is 13.2. The molecule has 94 valence electrons. The van der Waals surface area contributed by atoms with Gasteiger partial charge in [-0.1, -0.05) is 0 Å². The first kappa shape index (κ1) is 13.0. The summed E-state index contributed by atoms with van der Waals surface area (Å²) in [6, 6.07) is 0.639. The number of aromatic carboxylic acids is 1. The number of nitrogen functional groups attached to an aromatic ring is 1. The predicted molar refractivity (Wildman–Crippen MR) is 50.2 cm³/mol. The van der Waals surface area contributed by atoms with E-state index in [4.69, 9.17) is 16.6 Å². The highest BCUT2D eigenvalue weighted by Gasteiger charge is 2.33. The Bertz CT molecular complexity index is 448. The lowest BCUT2D eigenvalue weighted by molar-refractivity contribution is -0.275. The number of halogens is 3. The fourth-order valence-corrected chi connectivity index (χ4v) is 1.08. The van der Waals surface area contributed by atoms with Crippen LogP contribution in [0.5, 0.6) is 5.75 Å². The summed E-state index contributed by atoms with van der Waals surface area (Å²) in [6.07, 6.45) is -4.96. The van der Waals surface area contributed by atoms with Crippen LogP contribution in [0.15, 0.2) is 6.07 Å². The zero-order valence-corrected chi connectivity index (χ0v) is 8.28. The van der Waals surface area contributed by atoms with Gasteiger partial charge in [-0.15, -0.1) is 13.2 Å². The van der Waals surface area contributed by atoms with E-state index in [-0.39, 0.29) is 12.2 Å². The number of pyridine rings is 1. The van der Waals surface area contributed by atoms with Crippen LogP contribution in [0.25, 0.3) is 0 Å². The number of hydrogen-bond donors (Lipinski definition) is 3. The van der Waals surface area contributed by atoms with Crippen LogP contribution < -0.4 is 16.2 Å². The van der Waals surface area contributed by atoms with Crippen molar-refractivity contribution in [1.29, 1.82) is 0 Å². The average Bonchev–Trinajstić information content (AvgIpc) is 2.17. The van der Waals surface area contributed by atoms with Gasteiger partial charge < -0.3 is 21.3 Å². The van der Waals surface area contributed by atoms with Crippen molar-refractivity contribution in [3.05, 3.63) is 17.3 Å². The Kier molecular flexibility index (Phi) is 3.42. The number of alkyl halides is 3. The number of hydrogen-bond acceptors (Lipinski definition) is 5. The Labute approximate surface area is 93.0 Å². The van der Waals surface area contributed by atoms with Gasteiger partial charge in [-0.2, -0.15) is 0 Å². The van der Waals surface area contributed by atoms with Gasteiger partial charge in [0.2, 0.25) is 0 Å². The molecule has 5 N–H and O–H groups in total. The molecule has 6 nitrogen and oxygen atoms in total. The van der Waals surface area contributed by atoms with Gasteiger partial charge in [0.1, 0.15) is 11.4 Å². The molecule has 0 aliphatic rings. The summed E-state index contributed by atoms with van der Waals surface area (Å²) in [6.45, 7) is -0.366. The molecule has 1 aromatic rings. The van der Waals surface area contributed by atoms with Gasteiger partial charge in [0, 0.05) is 12.6 Å². The summed E-state index contributed by atoms with van der Waals surface area (Å²) in [5.41, 5.74) is 9.54. The minimum absolute atomic E-state index is 0.273. The van der Waals surface area contributed by atoms with Crippen molar-refractivity contribution in [3.8, 4) is 5.75 Å². The third-order valence-corrected chi connectivity index (χ3v) is 1.74. The molecule has 1 heterocycles. The van der Waals surface area contributed by atoms with Crippen LogP contribution in [0.1, 0.15) is 16.1 Å². The molecular weight excluding hydrogens is 243 g/mol. The quantitative estimate of drug-likeness (QED) is 0.729. The van der Waals surface area contributed by atoms with E-state index in [0.717, 1.165) is 0 Å². The van der Waals surface area contributed by atoms with Crippen LogP contribution in [0.3, 0.4) is 0 Å². The topological polar surface area (TPSA) is 111 Å². The van der Waals surface area contributed by atoms with Gasteiger partial charge in [-0.3, -0.25) is 0 Å². The highest BCUT2D eigenvalue weighted by molar-refractivity contribution is 5.93. The van der Waals surface area contributed by atoms with Crippen LogP contribution in [0, 0.1) is 0 Å². The van der Waals surface area contributed by atoms with Gasteiger partial charge in [-0.25, -0.2) is 9.78 Å². The van der Waals surface area contributed by atoms with Crippen LogP contribution in [-0.4, -0.2) is 22.4 Å². The molecule has 0 radical (unpaired) electrons. The van der Waals surface area contributed by atoms with E-state index in [1.165, 1.54) is 0 Å². The molecule has 1 aromatic heterocycles. The Morgan fingerprint density at radius 2 is 2.12 bits per heavy atom. The van der Waals surface area contributed by atoms with E-state index in [1.54, 1.807) is 0 Å². The van der Waals surface area contributed by atoms with Gasteiger partial charge in [0.25, 0.3) is 0 Å². The van der Waals surface area contributed by atoms with Crippen molar-refractivity contribution in [1.82, 2.24) is 4.98 Å². The molecule has 0 bridgehead atoms. The lowest BCUT2D eigenvalue weighted by atomic mass is 10.2. The second-order valence-electron chi connectivity index (χ2n) is 2.92. The smallest absolute Gasteiger partial charge is 0.478 e. The zero-order valence-electron chi connectivity index (χ0n) is 8.28. The summed E-state index contributed by atoms with van der Waals surface area (Å²) in [5.74, 6) is -2.70. The molecule has 0 aliphatic carbocycles. The minimum Gasteiger partial charge on any atom is -0.478 e. The number of ether oxygens (including phenoxy) is 1. The lowest BCUT2D eigenvalue weighted by Crippen LogP contribution is -2.20. The Morgan fingerprint density at radius 3 is 2.53 bits per heavy atom. The molecule has 0 amide bonds. The van der Waals surface area contributed by atoms with E-state index in [0.29, 0.717) is 6.07 Å². The fraction of sp³-hybridized carbons (Fsp3) is 0.250. The molecule has 0 aliphatic heterocycles. The molecule has 0 spiro atoms. The highest BCUT2D eigenvalue weighted by atomic mass is 19.4. The van der Waals surface area contributed by atoms with E-state index in [1.807, 2.05) is 0 Å². The molecular formula is C8H8F3N3O3. The van der Waals surface area contributed by atoms with Gasteiger partial charge in [-0.05, 0) is 0 Å². The van der Waals surface area contributed by atoms with Crippen molar-refractivity contribution in [3.63, 3.8) is 0 Å². The summed E-state index contributed by atoms with van der Waals surface area (Å²) in [4.78, 5) is 14.1. The van der Waals surface area contributed by atoms with Crippen molar-refractivity contribution < 1.29 is 27.8 Å². The lowest BCUT2D eigenvalue weighted by Gasteiger charge is -2.13. The summed E-state index contributed by atoms with van der Waals surface area (Å²) < 4.78 is 39.7. The number of carboxylic acid groups (broad SMARTS) is 1. The van der Waals surface area contributed by atoms with E-state index >= 15 is 0 Å². The number of aromatic nitrogens is 1. The first-order chi connectivity index (χ1) is 7.74. The van der Waals surface area contributed by atoms with Crippen molar-refractivity contribution in [2.45, 2.75) is 12.9 Å². The highest BCUT2D eigenvalue weighted by Crippen LogP contribution is 2.28. The summed E-state index contributed by atoms with van der Waals surface area (Å²) >= 11 is 0. The largest absolute Gasteiger partial charge is 0.573 e. The maximum absolute atomic E-state index is 12.0. The maximum atomic E-state index is 12.0. The first-order valence-electron chi connectivity index (χ1n) is 4.23. The Hall–Kier alpha value is -2.03. The van der Waals surface area contributed by atoms with Crippen LogP contribution in [-0.2, 0) is 6.54 Å². The Morgan fingerprint density at radius 1 is 1.53 bits per heavy atom. The second-order valence-corrected chi connectivity index (χ2v) is 2.92. The normalized spacial score (nSPS) is 11.3. The minimum atomic E-state index is -4.96. The monoisotopic (exact) mass is 251 g/mol. The van der Waals surface area contributed by atoms with E-state index < -0.39 is 29.5 Å². The number of nitrogens with two attached hydrogens (primary N) is 2. The number of anilines is 1. The molecule has 0 unspecified atom stereocenters. The second kappa shape index (κ2) is 4.45. The van der Waals surface area contributed by atoms with E-state index in [2.05, 4.69) is 9.72 Å². The van der Waals surface area contributed by atoms with Crippen LogP contribution >= 0.6 is 0 Å². The molecule has 9 heteroatoms. The third kappa shape index (κ3) is 3.21. The molecule has 0 atom stereocenters. The molecule has 1 rings (SSSR count). The van der Waals surface area contributed by atoms with Crippen LogP contribution in [0.2, 0.25) is 0 Å². The van der Waals surface area contributed by atoms with Crippen molar-refractivity contribution >= 4 is 11.8 Å². The third-order valence-electron chi connectivity index (χ3n) is 1.74. The first-order valence-corrected chi connectivity index (χ1v) is 4.23. The number of carboxylic acids is 1. The SMILES string of the molecule is NCc1nc(N)c(C(=O)O)cc1OC(F)(F)F. The molecule has 0 aromatic carbocycles. The van der Waals surface area contributed by atoms with Gasteiger partial charge in [0.15, 0.2) is 5.75 Å². The predicted octanol–water partition coefficient (Wildman–Crippen LogP) is 0.719. The summed E-state index contributed by atoms with van der Waals surface area (Å²) in [7, 11) is 0. The maximum Gasteiger partial charge on any atom is 0.573 e. The van der Waals surface area contributed by atoms with Crippen molar-refractivity contribution in [2.75, 3.05) is 5.73 Å². The molecule has 0 fully saturated rings. The van der Waals surface area contributed by atoms with Gasteiger partial charge in [0.05, 0.1) is 5.69 Å². The van der Waals surface area contributed by atoms with E-state index in [9.17, 15) is 18.0 Å². The number of carbonyl (C=O) groups is 1. The average molecular weight is 251 g/mol. The number of rotatable bonds is 3. The molecule has 17 heavy (non-hydrogen) atoms.